The van der Waals surface area contributed by atoms with Gasteiger partial charge in [0.25, 0.3) is 0 Å². The van der Waals surface area contributed by atoms with Crippen molar-refractivity contribution in [1.82, 2.24) is 5.32 Å². The first-order valence-corrected chi connectivity index (χ1v) is 12.7. The van der Waals surface area contributed by atoms with Gasteiger partial charge < -0.3 is 5.32 Å². The van der Waals surface area contributed by atoms with Gasteiger partial charge in [0, 0.05) is 17.8 Å². The molecule has 2 aliphatic carbocycles. The summed E-state index contributed by atoms with van der Waals surface area (Å²) in [6.07, 6.45) is 7.83. The van der Waals surface area contributed by atoms with Gasteiger partial charge in [-0.3, -0.25) is 4.99 Å². The minimum atomic E-state index is 0.157. The fraction of sp³-hybridized carbons (Fsp3) is 0.387. The Hall–Kier alpha value is -2.71. The van der Waals surface area contributed by atoms with Crippen LogP contribution in [0.5, 0.6) is 0 Å². The molecule has 1 N–H and O–H groups in total. The second kappa shape index (κ2) is 9.65. The number of nitrogens with one attached hydrogen (secondary N) is 1. The molecule has 2 unspecified atom stereocenters. The third kappa shape index (κ3) is 4.82. The Bertz CT molecular complexity index is 1140. The van der Waals surface area contributed by atoms with E-state index in [-0.39, 0.29) is 6.04 Å². The van der Waals surface area contributed by atoms with E-state index in [0.717, 1.165) is 11.8 Å². The minimum Gasteiger partial charge on any atom is -0.307 e. The number of aryl methyl sites for hydroxylation is 2. The molecule has 0 amide bonds. The van der Waals surface area contributed by atoms with E-state index in [1.807, 2.05) is 0 Å². The van der Waals surface area contributed by atoms with E-state index in [4.69, 9.17) is 4.99 Å². The molecule has 1 saturated carbocycles. The van der Waals surface area contributed by atoms with Crippen LogP contribution in [0.2, 0.25) is 0 Å². The van der Waals surface area contributed by atoms with Crippen LogP contribution < -0.4 is 5.32 Å². The highest BCUT2D eigenvalue weighted by atomic mass is 15.0. The molecule has 0 bridgehead atoms. The molecule has 2 heteroatoms. The molecule has 3 aromatic rings. The summed E-state index contributed by atoms with van der Waals surface area (Å²) in [5, 5.41) is 3.91. The topological polar surface area (TPSA) is 24.4 Å². The maximum atomic E-state index is 5.10. The molecule has 33 heavy (non-hydrogen) atoms. The first-order valence-electron chi connectivity index (χ1n) is 12.7. The number of nitrogens with zero attached hydrogens (tertiary/aromatic N) is 1. The monoisotopic (exact) mass is 436 g/mol. The van der Waals surface area contributed by atoms with E-state index in [2.05, 4.69) is 92.8 Å². The second-order valence-electron chi connectivity index (χ2n) is 9.98. The summed E-state index contributed by atoms with van der Waals surface area (Å²) in [6, 6.07) is 25.9. The lowest BCUT2D eigenvalue weighted by atomic mass is 9.84. The summed E-state index contributed by atoms with van der Waals surface area (Å²) in [5.41, 5.74) is 10.5. The molecule has 0 saturated heterocycles. The fourth-order valence-corrected chi connectivity index (χ4v) is 5.40. The largest absolute Gasteiger partial charge is 0.307 e. The molecule has 2 nitrogen and oxygen atoms in total. The van der Waals surface area contributed by atoms with Gasteiger partial charge in [-0.25, -0.2) is 0 Å². The van der Waals surface area contributed by atoms with Crippen molar-refractivity contribution in [3.8, 4) is 11.1 Å². The Kier molecular flexibility index (Phi) is 6.46. The predicted molar refractivity (Wildman–Crippen MR) is 140 cm³/mol. The summed E-state index contributed by atoms with van der Waals surface area (Å²) in [6.45, 7) is 6.56. The van der Waals surface area contributed by atoms with Gasteiger partial charge in [0.15, 0.2) is 0 Å². The van der Waals surface area contributed by atoms with Gasteiger partial charge in [0.1, 0.15) is 0 Å². The Morgan fingerprint density at radius 1 is 0.939 bits per heavy atom. The molecule has 5 rings (SSSR count). The standard InChI is InChI=1S/C31H36N2/c1-21-19-25(15-17-29(21)24-9-5-4-6-10-24)22(2)32-23(3)26-16-18-30-27(20-26)11-7-14-31(30)33-28-12-8-13-28/h4-6,9-10,15-20,23,28,31,33H,7-8,11-14H2,1-3H3/b32-22+. The van der Waals surface area contributed by atoms with Crippen LogP contribution in [0.3, 0.4) is 0 Å². The SMILES string of the molecule is C/C(=N\C(C)c1ccc2c(c1)CCCC2NC1CCC1)c1ccc(-c2ccccc2)c(C)c1. The van der Waals surface area contributed by atoms with E-state index in [1.54, 1.807) is 0 Å². The van der Waals surface area contributed by atoms with E-state index in [9.17, 15) is 0 Å². The van der Waals surface area contributed by atoms with Crippen LogP contribution in [0, 0.1) is 6.92 Å². The summed E-state index contributed by atoms with van der Waals surface area (Å²) in [7, 11) is 0. The van der Waals surface area contributed by atoms with Gasteiger partial charge in [0.2, 0.25) is 0 Å². The van der Waals surface area contributed by atoms with E-state index < -0.39 is 0 Å². The van der Waals surface area contributed by atoms with Crippen LogP contribution in [-0.4, -0.2) is 11.8 Å². The van der Waals surface area contributed by atoms with E-state index in [1.165, 1.54) is 77.5 Å². The zero-order valence-electron chi connectivity index (χ0n) is 20.3. The van der Waals surface area contributed by atoms with Crippen molar-refractivity contribution in [1.29, 1.82) is 0 Å². The third-order valence-corrected chi connectivity index (χ3v) is 7.62. The van der Waals surface area contributed by atoms with Crippen LogP contribution in [0.1, 0.15) is 85.9 Å². The molecular formula is C31H36N2. The Morgan fingerprint density at radius 2 is 1.76 bits per heavy atom. The highest BCUT2D eigenvalue weighted by Gasteiger charge is 2.26. The molecule has 0 aromatic heterocycles. The van der Waals surface area contributed by atoms with Crippen molar-refractivity contribution in [2.24, 2.45) is 4.99 Å². The Morgan fingerprint density at radius 3 is 2.48 bits per heavy atom. The van der Waals surface area contributed by atoms with Crippen LogP contribution in [0.4, 0.5) is 0 Å². The number of hydrogen-bond donors (Lipinski definition) is 1. The average Bonchev–Trinajstić information content (AvgIpc) is 2.81. The highest BCUT2D eigenvalue weighted by molar-refractivity contribution is 5.99. The first-order chi connectivity index (χ1) is 16.1. The lowest BCUT2D eigenvalue weighted by molar-refractivity contribution is 0.290. The van der Waals surface area contributed by atoms with Crippen molar-refractivity contribution in [3.05, 3.63) is 94.5 Å². The van der Waals surface area contributed by atoms with Crippen molar-refractivity contribution in [2.75, 3.05) is 0 Å². The highest BCUT2D eigenvalue weighted by Crippen LogP contribution is 2.34. The summed E-state index contributed by atoms with van der Waals surface area (Å²) >= 11 is 0. The van der Waals surface area contributed by atoms with Crippen molar-refractivity contribution < 1.29 is 0 Å². The molecule has 0 heterocycles. The van der Waals surface area contributed by atoms with Crippen molar-refractivity contribution in [3.63, 3.8) is 0 Å². The molecule has 2 atom stereocenters. The summed E-state index contributed by atoms with van der Waals surface area (Å²) in [4.78, 5) is 5.10. The van der Waals surface area contributed by atoms with Gasteiger partial charge >= 0.3 is 0 Å². The molecule has 2 aliphatic rings. The first kappa shape index (κ1) is 22.1. The molecule has 3 aromatic carbocycles. The molecule has 0 aliphatic heterocycles. The van der Waals surface area contributed by atoms with E-state index >= 15 is 0 Å². The normalized spacial score (nSPS) is 19.6. The Balaban J connectivity index is 1.33. The fourth-order valence-electron chi connectivity index (χ4n) is 5.40. The summed E-state index contributed by atoms with van der Waals surface area (Å²) in [5.74, 6) is 0. The van der Waals surface area contributed by atoms with Crippen molar-refractivity contribution in [2.45, 2.75) is 77.4 Å². The van der Waals surface area contributed by atoms with Crippen molar-refractivity contribution >= 4 is 5.71 Å². The summed E-state index contributed by atoms with van der Waals surface area (Å²) < 4.78 is 0. The maximum Gasteiger partial charge on any atom is 0.0724 e. The molecule has 0 radical (unpaired) electrons. The number of benzene rings is 3. The molecule has 170 valence electrons. The third-order valence-electron chi connectivity index (χ3n) is 7.62. The van der Waals surface area contributed by atoms with Gasteiger partial charge in [-0.15, -0.1) is 0 Å². The lowest BCUT2D eigenvalue weighted by Crippen LogP contribution is -2.39. The number of rotatable bonds is 6. The minimum absolute atomic E-state index is 0.157. The molecular weight excluding hydrogens is 400 g/mol. The molecule has 0 spiro atoms. The van der Waals surface area contributed by atoms with Crippen LogP contribution in [0.25, 0.3) is 11.1 Å². The zero-order valence-corrected chi connectivity index (χ0v) is 20.3. The zero-order chi connectivity index (χ0) is 22.8. The number of fused-ring (bicyclic) bond motifs is 1. The van der Waals surface area contributed by atoms with E-state index in [0.29, 0.717) is 6.04 Å². The number of aliphatic imine (C=N–C) groups is 1. The second-order valence-corrected chi connectivity index (χ2v) is 9.98. The lowest BCUT2D eigenvalue weighted by Gasteiger charge is -2.35. The molecule has 1 fully saturated rings. The predicted octanol–water partition coefficient (Wildman–Crippen LogP) is 7.75. The van der Waals surface area contributed by atoms with Gasteiger partial charge in [-0.1, -0.05) is 67.1 Å². The van der Waals surface area contributed by atoms with Gasteiger partial charge in [-0.2, -0.15) is 0 Å². The maximum absolute atomic E-state index is 5.10. The average molecular weight is 437 g/mol. The quantitative estimate of drug-likeness (QED) is 0.392. The van der Waals surface area contributed by atoms with Gasteiger partial charge in [-0.05, 0) is 97.9 Å². The number of hydrogen-bond acceptors (Lipinski definition) is 2. The Labute approximate surface area is 199 Å². The van der Waals surface area contributed by atoms with Crippen LogP contribution in [-0.2, 0) is 6.42 Å². The van der Waals surface area contributed by atoms with Crippen LogP contribution in [0.15, 0.2) is 71.7 Å². The van der Waals surface area contributed by atoms with Gasteiger partial charge in [0.05, 0.1) is 6.04 Å². The van der Waals surface area contributed by atoms with Crippen LogP contribution >= 0.6 is 0 Å². The smallest absolute Gasteiger partial charge is 0.0724 e.